The van der Waals surface area contributed by atoms with E-state index in [2.05, 4.69) is 31.3 Å². The van der Waals surface area contributed by atoms with Crippen molar-refractivity contribution in [2.45, 2.75) is 19.8 Å². The summed E-state index contributed by atoms with van der Waals surface area (Å²) < 4.78 is 9.60. The number of ether oxygens (including phenoxy) is 1. The zero-order valence-corrected chi connectivity index (χ0v) is 17.2. The standard InChI is InChI=1S/C19H25N7OS/c1-14-16(18(22-23(14)2)24-6-3-4-7-24)26-8-5-20-17(26)15-13-21-19(28-15)25-9-11-27-12-10-25/h5,8,13H,3-4,6-7,9-12H2,1-2H3. The molecule has 3 aromatic rings. The number of imidazole rings is 1. The molecule has 0 bridgehead atoms. The van der Waals surface area contributed by atoms with E-state index < -0.39 is 0 Å². The molecule has 0 radical (unpaired) electrons. The Balaban J connectivity index is 1.53. The number of aryl methyl sites for hydroxylation is 1. The van der Waals surface area contributed by atoms with Crippen molar-refractivity contribution in [2.24, 2.45) is 7.05 Å². The molecule has 148 valence electrons. The van der Waals surface area contributed by atoms with Crippen molar-refractivity contribution in [2.75, 3.05) is 49.2 Å². The lowest BCUT2D eigenvalue weighted by Gasteiger charge is -2.25. The molecule has 0 saturated carbocycles. The molecule has 0 atom stereocenters. The maximum atomic E-state index is 5.46. The Bertz CT molecular complexity index is 963. The third kappa shape index (κ3) is 2.98. The van der Waals surface area contributed by atoms with E-state index in [0.717, 1.165) is 72.4 Å². The highest BCUT2D eigenvalue weighted by molar-refractivity contribution is 7.18. The smallest absolute Gasteiger partial charge is 0.186 e. The lowest BCUT2D eigenvalue weighted by atomic mass is 10.3. The fourth-order valence-corrected chi connectivity index (χ4v) is 4.90. The summed E-state index contributed by atoms with van der Waals surface area (Å²) in [5.74, 6) is 1.98. The van der Waals surface area contributed by atoms with Crippen molar-refractivity contribution in [1.82, 2.24) is 24.3 Å². The minimum absolute atomic E-state index is 0.762. The molecule has 2 aliphatic rings. The molecular formula is C19H25N7OS. The lowest BCUT2D eigenvalue weighted by molar-refractivity contribution is 0.122. The zero-order chi connectivity index (χ0) is 19.1. The van der Waals surface area contributed by atoms with E-state index in [4.69, 9.17) is 9.84 Å². The highest BCUT2D eigenvalue weighted by Crippen LogP contribution is 2.35. The minimum atomic E-state index is 0.762. The molecule has 0 amide bonds. The third-order valence-electron chi connectivity index (χ3n) is 5.57. The Morgan fingerprint density at radius 3 is 2.61 bits per heavy atom. The van der Waals surface area contributed by atoms with Gasteiger partial charge in [-0.15, -0.1) is 0 Å². The van der Waals surface area contributed by atoms with Gasteiger partial charge in [0, 0.05) is 45.6 Å². The second-order valence-corrected chi connectivity index (χ2v) is 8.31. The molecule has 0 aliphatic carbocycles. The second kappa shape index (κ2) is 7.21. The van der Waals surface area contributed by atoms with Gasteiger partial charge in [0.05, 0.1) is 30.0 Å². The summed E-state index contributed by atoms with van der Waals surface area (Å²) in [6, 6.07) is 0. The highest BCUT2D eigenvalue weighted by Gasteiger charge is 2.25. The van der Waals surface area contributed by atoms with Crippen LogP contribution in [-0.2, 0) is 11.8 Å². The Kier molecular flexibility index (Phi) is 4.56. The molecule has 9 heteroatoms. The highest BCUT2D eigenvalue weighted by atomic mass is 32.1. The first-order valence-corrected chi connectivity index (χ1v) is 10.6. The molecule has 5 heterocycles. The second-order valence-electron chi connectivity index (χ2n) is 7.30. The van der Waals surface area contributed by atoms with Crippen LogP contribution in [0.3, 0.4) is 0 Å². The van der Waals surface area contributed by atoms with Crippen LogP contribution in [0, 0.1) is 6.92 Å². The van der Waals surface area contributed by atoms with Gasteiger partial charge in [-0.05, 0) is 19.8 Å². The number of morpholine rings is 1. The molecule has 2 aliphatic heterocycles. The first-order valence-electron chi connectivity index (χ1n) is 9.83. The van der Waals surface area contributed by atoms with Gasteiger partial charge in [-0.3, -0.25) is 9.25 Å². The fraction of sp³-hybridized carbons (Fsp3) is 0.526. The number of anilines is 2. The average molecular weight is 400 g/mol. The number of thiazole rings is 1. The SMILES string of the molecule is Cc1c(-n2ccnc2-c2cnc(N3CCOCC3)s2)c(N2CCCC2)nn1C. The van der Waals surface area contributed by atoms with Crippen LogP contribution in [0.2, 0.25) is 0 Å². The summed E-state index contributed by atoms with van der Waals surface area (Å²) in [7, 11) is 2.01. The lowest BCUT2D eigenvalue weighted by Crippen LogP contribution is -2.36. The maximum absolute atomic E-state index is 5.46. The van der Waals surface area contributed by atoms with Crippen molar-refractivity contribution in [3.05, 3.63) is 24.3 Å². The zero-order valence-electron chi connectivity index (χ0n) is 16.3. The summed E-state index contributed by atoms with van der Waals surface area (Å²) in [4.78, 5) is 15.1. The molecule has 5 rings (SSSR count). The van der Waals surface area contributed by atoms with Gasteiger partial charge in [0.1, 0.15) is 5.69 Å². The van der Waals surface area contributed by atoms with E-state index in [9.17, 15) is 0 Å². The van der Waals surface area contributed by atoms with E-state index in [1.54, 1.807) is 11.3 Å². The van der Waals surface area contributed by atoms with Crippen molar-refractivity contribution in [3.63, 3.8) is 0 Å². The van der Waals surface area contributed by atoms with Crippen molar-refractivity contribution in [3.8, 4) is 16.4 Å². The van der Waals surface area contributed by atoms with Gasteiger partial charge in [0.2, 0.25) is 0 Å². The number of aromatic nitrogens is 5. The Morgan fingerprint density at radius 1 is 1.04 bits per heavy atom. The largest absolute Gasteiger partial charge is 0.378 e. The van der Waals surface area contributed by atoms with Crippen LogP contribution in [-0.4, -0.2) is 63.7 Å². The van der Waals surface area contributed by atoms with Crippen LogP contribution in [0.4, 0.5) is 10.9 Å². The fourth-order valence-electron chi connectivity index (χ4n) is 3.94. The predicted octanol–water partition coefficient (Wildman–Crippen LogP) is 2.47. The Hall–Kier alpha value is -2.39. The van der Waals surface area contributed by atoms with E-state index in [1.807, 2.05) is 30.3 Å². The van der Waals surface area contributed by atoms with Crippen LogP contribution < -0.4 is 9.80 Å². The van der Waals surface area contributed by atoms with Crippen LogP contribution >= 0.6 is 11.3 Å². The van der Waals surface area contributed by atoms with Crippen LogP contribution in [0.1, 0.15) is 18.5 Å². The van der Waals surface area contributed by atoms with E-state index in [0.29, 0.717) is 0 Å². The number of hydrogen-bond acceptors (Lipinski definition) is 7. The Morgan fingerprint density at radius 2 is 1.82 bits per heavy atom. The Labute approximate surface area is 168 Å². The van der Waals surface area contributed by atoms with Gasteiger partial charge in [-0.2, -0.15) is 5.10 Å². The predicted molar refractivity (Wildman–Crippen MR) is 111 cm³/mol. The minimum Gasteiger partial charge on any atom is -0.378 e. The van der Waals surface area contributed by atoms with Gasteiger partial charge in [-0.1, -0.05) is 11.3 Å². The molecule has 28 heavy (non-hydrogen) atoms. The summed E-state index contributed by atoms with van der Waals surface area (Å²) in [5.41, 5.74) is 2.26. The molecule has 2 saturated heterocycles. The normalized spacial score (nSPS) is 17.6. The van der Waals surface area contributed by atoms with Crippen molar-refractivity contribution in [1.29, 1.82) is 0 Å². The van der Waals surface area contributed by atoms with Crippen molar-refractivity contribution >= 4 is 22.3 Å². The summed E-state index contributed by atoms with van der Waals surface area (Å²) >= 11 is 1.69. The summed E-state index contributed by atoms with van der Waals surface area (Å²) in [5, 5.41) is 5.86. The van der Waals surface area contributed by atoms with Crippen LogP contribution in [0.15, 0.2) is 18.6 Å². The molecule has 3 aromatic heterocycles. The first-order chi connectivity index (χ1) is 13.7. The van der Waals surface area contributed by atoms with Gasteiger partial charge in [0.15, 0.2) is 16.8 Å². The van der Waals surface area contributed by atoms with Crippen LogP contribution in [0.5, 0.6) is 0 Å². The first kappa shape index (κ1) is 17.7. The summed E-state index contributed by atoms with van der Waals surface area (Å²) in [6.07, 6.45) is 8.29. The monoisotopic (exact) mass is 399 g/mol. The van der Waals surface area contributed by atoms with E-state index in [1.165, 1.54) is 12.8 Å². The van der Waals surface area contributed by atoms with E-state index >= 15 is 0 Å². The summed E-state index contributed by atoms with van der Waals surface area (Å²) in [6.45, 7) is 7.56. The topological polar surface area (TPSA) is 64.2 Å². The maximum Gasteiger partial charge on any atom is 0.186 e. The average Bonchev–Trinajstić information content (AvgIpc) is 3.50. The molecule has 0 aromatic carbocycles. The quantitative estimate of drug-likeness (QED) is 0.672. The van der Waals surface area contributed by atoms with Gasteiger partial charge < -0.3 is 14.5 Å². The van der Waals surface area contributed by atoms with Gasteiger partial charge in [-0.25, -0.2) is 9.97 Å². The third-order valence-corrected chi connectivity index (χ3v) is 6.62. The molecule has 0 N–H and O–H groups in total. The number of rotatable bonds is 4. The number of hydrogen-bond donors (Lipinski definition) is 0. The molecular weight excluding hydrogens is 374 g/mol. The number of nitrogens with zero attached hydrogens (tertiary/aromatic N) is 7. The molecule has 2 fully saturated rings. The van der Waals surface area contributed by atoms with Gasteiger partial charge >= 0.3 is 0 Å². The molecule has 0 unspecified atom stereocenters. The van der Waals surface area contributed by atoms with Gasteiger partial charge in [0.25, 0.3) is 0 Å². The molecule has 8 nitrogen and oxygen atoms in total. The van der Waals surface area contributed by atoms with E-state index in [-0.39, 0.29) is 0 Å². The van der Waals surface area contributed by atoms with Crippen LogP contribution in [0.25, 0.3) is 16.4 Å². The van der Waals surface area contributed by atoms with Crippen molar-refractivity contribution < 1.29 is 4.74 Å². The molecule has 0 spiro atoms.